The van der Waals surface area contributed by atoms with Crippen molar-refractivity contribution in [1.82, 2.24) is 9.55 Å². The van der Waals surface area contributed by atoms with Gasteiger partial charge in [-0.1, -0.05) is 6.92 Å². The van der Waals surface area contributed by atoms with Gasteiger partial charge < -0.3 is 4.74 Å². The van der Waals surface area contributed by atoms with Gasteiger partial charge in [0.1, 0.15) is 6.33 Å². The Labute approximate surface area is 99.2 Å². The molecule has 1 unspecified atom stereocenters. The Morgan fingerprint density at radius 3 is 2.75 bits per heavy atom. The molecule has 0 amide bonds. The Balaban J connectivity index is 2.85. The lowest BCUT2D eigenvalue weighted by Crippen LogP contribution is -2.11. The van der Waals surface area contributed by atoms with E-state index in [1.54, 1.807) is 6.92 Å². The number of nitrogens with zero attached hydrogens (tertiary/aromatic N) is 2. The van der Waals surface area contributed by atoms with Crippen LogP contribution < -0.4 is 0 Å². The molecular formula is C10H14N2O3S. The number of imidazole rings is 1. The van der Waals surface area contributed by atoms with Crippen molar-refractivity contribution in [3.05, 3.63) is 18.2 Å². The number of thiol groups is 1. The van der Waals surface area contributed by atoms with E-state index in [9.17, 15) is 9.59 Å². The molecule has 1 aromatic rings. The predicted molar refractivity (Wildman–Crippen MR) is 61.7 cm³/mol. The van der Waals surface area contributed by atoms with Gasteiger partial charge in [-0.05, 0) is 13.3 Å². The van der Waals surface area contributed by atoms with Crippen molar-refractivity contribution in [3.63, 3.8) is 0 Å². The van der Waals surface area contributed by atoms with Crippen LogP contribution in [0.2, 0.25) is 0 Å². The molecule has 0 aliphatic rings. The summed E-state index contributed by atoms with van der Waals surface area (Å²) >= 11 is 3.78. The van der Waals surface area contributed by atoms with Crippen LogP contribution in [0.5, 0.6) is 0 Å². The Hall–Kier alpha value is -1.30. The van der Waals surface area contributed by atoms with E-state index in [0.29, 0.717) is 18.7 Å². The maximum absolute atomic E-state index is 11.3. The summed E-state index contributed by atoms with van der Waals surface area (Å²) in [7, 11) is 0. The van der Waals surface area contributed by atoms with Crippen LogP contribution in [0.3, 0.4) is 0 Å². The van der Waals surface area contributed by atoms with Crippen molar-refractivity contribution >= 4 is 23.8 Å². The van der Waals surface area contributed by atoms with Gasteiger partial charge in [-0.25, -0.2) is 14.3 Å². The molecule has 0 fully saturated rings. The van der Waals surface area contributed by atoms with Crippen LogP contribution in [0.1, 0.15) is 31.9 Å². The molecule has 0 aliphatic heterocycles. The summed E-state index contributed by atoms with van der Waals surface area (Å²) in [6, 6.07) is 0. The second-order valence-electron chi connectivity index (χ2n) is 3.20. The second-order valence-corrected chi connectivity index (χ2v) is 3.64. The molecule has 88 valence electrons. The Bertz CT molecular complexity index is 389. The number of ether oxygens (including phenoxy) is 1. The molecule has 0 aromatic carbocycles. The van der Waals surface area contributed by atoms with Crippen LogP contribution in [0, 0.1) is 0 Å². The van der Waals surface area contributed by atoms with Crippen molar-refractivity contribution in [2.24, 2.45) is 0 Å². The molecule has 5 nitrogen and oxygen atoms in total. The third-order valence-corrected chi connectivity index (χ3v) is 2.46. The summed E-state index contributed by atoms with van der Waals surface area (Å²) in [4.78, 5) is 26.5. The van der Waals surface area contributed by atoms with Crippen molar-refractivity contribution in [2.45, 2.75) is 26.2 Å². The molecule has 16 heavy (non-hydrogen) atoms. The lowest BCUT2D eigenvalue weighted by molar-refractivity contribution is -0.112. The smallest absolute Gasteiger partial charge is 0.419 e. The fraction of sp³-hybridized carbons (Fsp3) is 0.500. The SMILES string of the molecule is CCOC(=O)n1cnc(C(CC)C(=O)S)c1. The number of hydrogen-bond donors (Lipinski definition) is 1. The molecule has 0 N–H and O–H groups in total. The van der Waals surface area contributed by atoms with Crippen LogP contribution in [0.25, 0.3) is 0 Å². The molecule has 0 saturated heterocycles. The Morgan fingerprint density at radius 1 is 1.56 bits per heavy atom. The molecule has 0 spiro atoms. The normalized spacial score (nSPS) is 12.2. The van der Waals surface area contributed by atoms with Gasteiger partial charge in [-0.3, -0.25) is 4.79 Å². The van der Waals surface area contributed by atoms with Crippen LogP contribution in [0.4, 0.5) is 4.79 Å². The molecule has 1 heterocycles. The fourth-order valence-corrected chi connectivity index (χ4v) is 1.64. The summed E-state index contributed by atoms with van der Waals surface area (Å²) in [6.07, 6.45) is 2.94. The highest BCUT2D eigenvalue weighted by Crippen LogP contribution is 2.20. The van der Waals surface area contributed by atoms with Gasteiger partial charge in [0, 0.05) is 6.20 Å². The predicted octanol–water partition coefficient (Wildman–Crippen LogP) is 1.84. The summed E-state index contributed by atoms with van der Waals surface area (Å²) < 4.78 is 6.02. The molecule has 1 atom stereocenters. The summed E-state index contributed by atoms with van der Waals surface area (Å²) in [5, 5.41) is -0.253. The van der Waals surface area contributed by atoms with E-state index in [2.05, 4.69) is 17.6 Å². The van der Waals surface area contributed by atoms with E-state index >= 15 is 0 Å². The third kappa shape index (κ3) is 2.85. The molecule has 0 saturated carbocycles. The first kappa shape index (κ1) is 12.8. The van der Waals surface area contributed by atoms with Gasteiger partial charge in [0.25, 0.3) is 0 Å². The average molecular weight is 242 g/mol. The molecule has 0 aliphatic carbocycles. The number of hydrogen-bond acceptors (Lipinski definition) is 4. The van der Waals surface area contributed by atoms with E-state index in [4.69, 9.17) is 4.74 Å². The van der Waals surface area contributed by atoms with Crippen molar-refractivity contribution in [1.29, 1.82) is 0 Å². The molecule has 1 rings (SSSR count). The minimum Gasteiger partial charge on any atom is -0.449 e. The van der Waals surface area contributed by atoms with Crippen LogP contribution >= 0.6 is 12.6 Å². The lowest BCUT2D eigenvalue weighted by atomic mass is 10.1. The first-order chi connectivity index (χ1) is 7.60. The van der Waals surface area contributed by atoms with E-state index in [1.807, 2.05) is 6.92 Å². The van der Waals surface area contributed by atoms with E-state index in [-0.39, 0.29) is 11.0 Å². The highest BCUT2D eigenvalue weighted by atomic mass is 32.1. The number of rotatable bonds is 4. The zero-order valence-corrected chi connectivity index (χ0v) is 10.1. The van der Waals surface area contributed by atoms with Crippen LogP contribution in [0.15, 0.2) is 12.5 Å². The summed E-state index contributed by atoms with van der Waals surface area (Å²) in [5.74, 6) is -0.376. The standard InChI is InChI=1S/C10H14N2O3S/c1-3-7(9(13)16)8-5-12(6-11-8)10(14)15-4-2/h5-7H,3-4H2,1-2H3,(H,13,16). The third-order valence-electron chi connectivity index (χ3n) is 2.14. The number of carbonyl (C=O) groups is 2. The Morgan fingerprint density at radius 2 is 2.25 bits per heavy atom. The zero-order valence-electron chi connectivity index (χ0n) is 9.21. The van der Waals surface area contributed by atoms with Gasteiger partial charge >= 0.3 is 6.09 Å². The molecule has 6 heteroatoms. The van der Waals surface area contributed by atoms with Crippen LogP contribution in [-0.4, -0.2) is 27.4 Å². The molecule has 0 bridgehead atoms. The summed E-state index contributed by atoms with van der Waals surface area (Å²) in [5.41, 5.74) is 0.538. The summed E-state index contributed by atoms with van der Waals surface area (Å²) in [6.45, 7) is 3.89. The van der Waals surface area contributed by atoms with Gasteiger partial charge in [-0.2, -0.15) is 0 Å². The highest BCUT2D eigenvalue weighted by molar-refractivity contribution is 7.96. The van der Waals surface area contributed by atoms with Crippen molar-refractivity contribution in [2.75, 3.05) is 6.61 Å². The quantitative estimate of drug-likeness (QED) is 0.818. The van der Waals surface area contributed by atoms with Crippen LogP contribution in [-0.2, 0) is 9.53 Å². The van der Waals surface area contributed by atoms with Crippen molar-refractivity contribution in [3.8, 4) is 0 Å². The highest BCUT2D eigenvalue weighted by Gasteiger charge is 2.19. The Kier molecular flexibility index (Phi) is 4.54. The van der Waals surface area contributed by atoms with Crippen molar-refractivity contribution < 1.29 is 14.3 Å². The van der Waals surface area contributed by atoms with Gasteiger partial charge in [-0.15, -0.1) is 12.6 Å². The first-order valence-corrected chi connectivity index (χ1v) is 5.48. The molecule has 1 aromatic heterocycles. The lowest BCUT2D eigenvalue weighted by Gasteiger charge is -2.05. The largest absolute Gasteiger partial charge is 0.449 e. The average Bonchev–Trinajstić information content (AvgIpc) is 2.68. The number of carbonyl (C=O) groups excluding carboxylic acids is 2. The first-order valence-electron chi connectivity index (χ1n) is 5.03. The second kappa shape index (κ2) is 5.69. The molecule has 0 radical (unpaired) electrons. The van der Waals surface area contributed by atoms with E-state index < -0.39 is 6.09 Å². The maximum atomic E-state index is 11.3. The maximum Gasteiger partial charge on any atom is 0.419 e. The van der Waals surface area contributed by atoms with Gasteiger partial charge in [0.15, 0.2) is 5.12 Å². The fourth-order valence-electron chi connectivity index (χ4n) is 1.33. The zero-order chi connectivity index (χ0) is 12.1. The minimum absolute atomic E-state index is 0.253. The van der Waals surface area contributed by atoms with Gasteiger partial charge in [0.05, 0.1) is 18.2 Å². The van der Waals surface area contributed by atoms with E-state index in [0.717, 1.165) is 0 Å². The van der Waals surface area contributed by atoms with Gasteiger partial charge in [0.2, 0.25) is 0 Å². The topological polar surface area (TPSA) is 61.2 Å². The monoisotopic (exact) mass is 242 g/mol. The van der Waals surface area contributed by atoms with E-state index in [1.165, 1.54) is 17.1 Å². The molecular weight excluding hydrogens is 228 g/mol. The minimum atomic E-state index is -0.497. The number of aromatic nitrogens is 2.